The summed E-state index contributed by atoms with van der Waals surface area (Å²) in [6, 6.07) is 3.96. The van der Waals surface area contributed by atoms with Crippen molar-refractivity contribution in [3.05, 3.63) is 28.3 Å². The van der Waals surface area contributed by atoms with Gasteiger partial charge in [0.05, 0.1) is 19.8 Å². The predicted molar refractivity (Wildman–Crippen MR) is 69.1 cm³/mol. The maximum absolute atomic E-state index is 6.15. The number of aryl methyl sites for hydroxylation is 1. The molecular weight excluding hydrogens is 238 g/mol. The molecule has 0 radical (unpaired) electrons. The van der Waals surface area contributed by atoms with Crippen LogP contribution in [0.4, 0.5) is 0 Å². The molecule has 4 heteroatoms. The molecule has 0 spiro atoms. The predicted octanol–water partition coefficient (Wildman–Crippen LogP) is 2.19. The molecule has 0 amide bonds. The van der Waals surface area contributed by atoms with E-state index in [0.29, 0.717) is 0 Å². The van der Waals surface area contributed by atoms with Crippen LogP contribution >= 0.6 is 11.6 Å². The summed E-state index contributed by atoms with van der Waals surface area (Å²) < 4.78 is 11.1. The molecule has 1 aromatic carbocycles. The Morgan fingerprint density at radius 1 is 1.53 bits per heavy atom. The van der Waals surface area contributed by atoms with Gasteiger partial charge in [0.1, 0.15) is 5.75 Å². The summed E-state index contributed by atoms with van der Waals surface area (Å²) in [7, 11) is 1.69. The van der Waals surface area contributed by atoms with E-state index in [1.54, 1.807) is 7.11 Å². The third-order valence-electron chi connectivity index (χ3n) is 3.01. The molecule has 0 bridgehead atoms. The number of halogens is 1. The zero-order valence-corrected chi connectivity index (χ0v) is 11.0. The third-order valence-corrected chi connectivity index (χ3v) is 3.42. The van der Waals surface area contributed by atoms with E-state index in [2.05, 4.69) is 5.32 Å². The Hall–Kier alpha value is -0.770. The molecule has 1 heterocycles. The molecule has 1 aliphatic heterocycles. The van der Waals surface area contributed by atoms with E-state index in [1.165, 1.54) is 0 Å². The normalized spacial score (nSPS) is 20.3. The van der Waals surface area contributed by atoms with Crippen molar-refractivity contribution in [3.8, 4) is 5.75 Å². The number of rotatable bonds is 3. The van der Waals surface area contributed by atoms with Gasteiger partial charge in [-0.1, -0.05) is 11.6 Å². The minimum atomic E-state index is 0.205. The number of methoxy groups -OCH3 is 1. The summed E-state index contributed by atoms with van der Waals surface area (Å²) in [6.07, 6.45) is 1.03. The summed E-state index contributed by atoms with van der Waals surface area (Å²) in [5.41, 5.74) is 2.15. The fourth-order valence-electron chi connectivity index (χ4n) is 2.04. The first-order chi connectivity index (χ1) is 8.20. The molecular formula is C13H18ClNO2. The van der Waals surface area contributed by atoms with Crippen LogP contribution < -0.4 is 10.1 Å². The number of nitrogens with one attached hydrogen (secondary N) is 1. The lowest BCUT2D eigenvalue weighted by atomic mass is 10.0. The fourth-order valence-corrected chi connectivity index (χ4v) is 2.23. The second-order valence-corrected chi connectivity index (χ2v) is 4.72. The average Bonchev–Trinajstić information content (AvgIpc) is 2.35. The highest BCUT2D eigenvalue weighted by atomic mass is 35.5. The second-order valence-electron chi connectivity index (χ2n) is 4.31. The highest BCUT2D eigenvalue weighted by Gasteiger charge is 2.17. The topological polar surface area (TPSA) is 30.5 Å². The van der Waals surface area contributed by atoms with Crippen molar-refractivity contribution in [2.45, 2.75) is 19.4 Å². The molecule has 94 valence electrons. The van der Waals surface area contributed by atoms with Crippen molar-refractivity contribution in [2.75, 3.05) is 26.8 Å². The molecule has 1 saturated heterocycles. The van der Waals surface area contributed by atoms with Gasteiger partial charge in [-0.05, 0) is 30.2 Å². The molecule has 3 nitrogen and oxygen atoms in total. The SMILES string of the molecule is COc1cc(C)c(Cl)cc1CC1CNCCO1. The van der Waals surface area contributed by atoms with E-state index in [1.807, 2.05) is 19.1 Å². The van der Waals surface area contributed by atoms with Crippen LogP contribution in [0.5, 0.6) is 5.75 Å². The first kappa shape index (κ1) is 12.7. The zero-order chi connectivity index (χ0) is 12.3. The highest BCUT2D eigenvalue weighted by molar-refractivity contribution is 6.31. The van der Waals surface area contributed by atoms with E-state index < -0.39 is 0 Å². The van der Waals surface area contributed by atoms with Crippen molar-refractivity contribution in [2.24, 2.45) is 0 Å². The van der Waals surface area contributed by atoms with Crippen molar-refractivity contribution in [3.63, 3.8) is 0 Å². The summed E-state index contributed by atoms with van der Waals surface area (Å²) in [4.78, 5) is 0. The Morgan fingerprint density at radius 2 is 2.35 bits per heavy atom. The van der Waals surface area contributed by atoms with Gasteiger partial charge in [0.25, 0.3) is 0 Å². The Balaban J connectivity index is 2.15. The molecule has 2 rings (SSSR count). The first-order valence-corrected chi connectivity index (χ1v) is 6.24. The summed E-state index contributed by atoms with van der Waals surface area (Å²) in [5.74, 6) is 0.890. The quantitative estimate of drug-likeness (QED) is 0.898. The van der Waals surface area contributed by atoms with E-state index >= 15 is 0 Å². The number of hydrogen-bond acceptors (Lipinski definition) is 3. The van der Waals surface area contributed by atoms with Gasteiger partial charge in [-0.25, -0.2) is 0 Å². The summed E-state index contributed by atoms with van der Waals surface area (Å²) in [5, 5.41) is 4.10. The first-order valence-electron chi connectivity index (χ1n) is 5.86. The molecule has 0 aromatic heterocycles. The van der Waals surface area contributed by atoms with Crippen LogP contribution in [0.25, 0.3) is 0 Å². The molecule has 17 heavy (non-hydrogen) atoms. The molecule has 1 fully saturated rings. The van der Waals surface area contributed by atoms with E-state index in [0.717, 1.165) is 48.0 Å². The zero-order valence-electron chi connectivity index (χ0n) is 10.3. The number of hydrogen-bond donors (Lipinski definition) is 1. The Bertz CT molecular complexity index is 389. The van der Waals surface area contributed by atoms with Crippen LogP contribution in [0.2, 0.25) is 5.02 Å². The molecule has 1 N–H and O–H groups in total. The van der Waals surface area contributed by atoms with Crippen LogP contribution in [-0.4, -0.2) is 32.9 Å². The van der Waals surface area contributed by atoms with Crippen LogP contribution in [-0.2, 0) is 11.2 Å². The lowest BCUT2D eigenvalue weighted by Gasteiger charge is -2.24. The fraction of sp³-hybridized carbons (Fsp3) is 0.538. The summed E-state index contributed by atoms with van der Waals surface area (Å²) >= 11 is 6.15. The third kappa shape index (κ3) is 3.12. The number of morpholine rings is 1. The smallest absolute Gasteiger partial charge is 0.122 e. The van der Waals surface area contributed by atoms with Gasteiger partial charge in [0.15, 0.2) is 0 Å². The number of ether oxygens (including phenoxy) is 2. The van der Waals surface area contributed by atoms with Crippen molar-refractivity contribution < 1.29 is 9.47 Å². The molecule has 1 aromatic rings. The van der Waals surface area contributed by atoms with Crippen LogP contribution in [0, 0.1) is 6.92 Å². The standard InChI is InChI=1S/C13H18ClNO2/c1-9-5-13(16-2)10(7-12(9)14)6-11-8-15-3-4-17-11/h5,7,11,15H,3-4,6,8H2,1-2H3. The second kappa shape index (κ2) is 5.71. The van der Waals surface area contributed by atoms with Gasteiger partial charge in [0, 0.05) is 24.5 Å². The van der Waals surface area contributed by atoms with Gasteiger partial charge < -0.3 is 14.8 Å². The highest BCUT2D eigenvalue weighted by Crippen LogP contribution is 2.28. The lowest BCUT2D eigenvalue weighted by molar-refractivity contribution is 0.0289. The van der Waals surface area contributed by atoms with Gasteiger partial charge in [-0.2, -0.15) is 0 Å². The summed E-state index contributed by atoms with van der Waals surface area (Å²) in [6.45, 7) is 4.57. The maximum Gasteiger partial charge on any atom is 0.122 e. The van der Waals surface area contributed by atoms with Gasteiger partial charge >= 0.3 is 0 Å². The van der Waals surface area contributed by atoms with Crippen molar-refractivity contribution in [1.29, 1.82) is 0 Å². The molecule has 0 saturated carbocycles. The largest absolute Gasteiger partial charge is 0.496 e. The van der Waals surface area contributed by atoms with Crippen molar-refractivity contribution in [1.82, 2.24) is 5.32 Å². The van der Waals surface area contributed by atoms with Crippen LogP contribution in [0.3, 0.4) is 0 Å². The Labute approximate surface area is 107 Å². The van der Waals surface area contributed by atoms with E-state index in [9.17, 15) is 0 Å². The molecule has 0 aliphatic carbocycles. The van der Waals surface area contributed by atoms with E-state index in [-0.39, 0.29) is 6.10 Å². The lowest BCUT2D eigenvalue weighted by Crippen LogP contribution is -2.39. The van der Waals surface area contributed by atoms with Gasteiger partial charge in [-0.15, -0.1) is 0 Å². The minimum absolute atomic E-state index is 0.205. The van der Waals surface area contributed by atoms with E-state index in [4.69, 9.17) is 21.1 Å². The average molecular weight is 256 g/mol. The minimum Gasteiger partial charge on any atom is -0.496 e. The van der Waals surface area contributed by atoms with Crippen LogP contribution in [0.15, 0.2) is 12.1 Å². The van der Waals surface area contributed by atoms with Gasteiger partial charge in [-0.3, -0.25) is 0 Å². The number of benzene rings is 1. The van der Waals surface area contributed by atoms with Gasteiger partial charge in [0.2, 0.25) is 0 Å². The molecule has 1 unspecified atom stereocenters. The van der Waals surface area contributed by atoms with Crippen molar-refractivity contribution >= 4 is 11.6 Å². The molecule has 1 aliphatic rings. The Morgan fingerprint density at radius 3 is 3.00 bits per heavy atom. The maximum atomic E-state index is 6.15. The van der Waals surface area contributed by atoms with Crippen LogP contribution in [0.1, 0.15) is 11.1 Å². The Kier molecular flexibility index (Phi) is 4.26. The monoisotopic (exact) mass is 255 g/mol. The molecule has 1 atom stereocenters.